The molecule has 0 bridgehead atoms. The number of nitrogens with one attached hydrogen (secondary N) is 1. The van der Waals surface area contributed by atoms with Crippen molar-refractivity contribution in [2.45, 2.75) is 26.3 Å². The fraction of sp³-hybridized carbons (Fsp3) is 0.462. The molecular formula is C13H16Br2INO. The third-order valence-electron chi connectivity index (χ3n) is 2.71. The molecule has 1 rings (SSSR count). The van der Waals surface area contributed by atoms with Gasteiger partial charge in [0.25, 0.3) is 5.91 Å². The van der Waals surface area contributed by atoms with Gasteiger partial charge >= 0.3 is 0 Å². The van der Waals surface area contributed by atoms with Gasteiger partial charge in [0.1, 0.15) is 0 Å². The normalized spacial score (nSPS) is 12.6. The molecule has 0 heterocycles. The number of carbonyl (C=O) groups excluding carboxylic acids is 1. The molecule has 0 aliphatic heterocycles. The van der Waals surface area contributed by atoms with E-state index in [9.17, 15) is 4.79 Å². The SMILES string of the molecule is CC(C)C(CCBr)NC(=O)c1cc(Br)ccc1I. The van der Waals surface area contributed by atoms with Gasteiger partial charge in [-0.05, 0) is 53.1 Å². The van der Waals surface area contributed by atoms with Gasteiger partial charge in [-0.25, -0.2) is 0 Å². The molecule has 18 heavy (non-hydrogen) atoms. The van der Waals surface area contributed by atoms with E-state index in [4.69, 9.17) is 0 Å². The molecule has 0 fully saturated rings. The van der Waals surface area contributed by atoms with Gasteiger partial charge in [0, 0.05) is 19.4 Å². The molecule has 0 saturated heterocycles. The zero-order valence-electron chi connectivity index (χ0n) is 10.3. The van der Waals surface area contributed by atoms with Crippen molar-refractivity contribution in [1.82, 2.24) is 5.32 Å². The highest BCUT2D eigenvalue weighted by molar-refractivity contribution is 14.1. The Morgan fingerprint density at radius 3 is 2.67 bits per heavy atom. The Hall–Kier alpha value is 0.380. The molecule has 1 atom stereocenters. The summed E-state index contributed by atoms with van der Waals surface area (Å²) in [7, 11) is 0. The predicted molar refractivity (Wildman–Crippen MR) is 91.4 cm³/mol. The van der Waals surface area contributed by atoms with Crippen LogP contribution in [0.15, 0.2) is 22.7 Å². The van der Waals surface area contributed by atoms with Gasteiger partial charge in [0.05, 0.1) is 5.56 Å². The third-order valence-corrected chi connectivity index (χ3v) is 4.61. The average Bonchev–Trinajstić information content (AvgIpc) is 2.31. The van der Waals surface area contributed by atoms with Crippen LogP contribution in [-0.4, -0.2) is 17.3 Å². The first-order valence-electron chi connectivity index (χ1n) is 5.77. The number of alkyl halides is 1. The van der Waals surface area contributed by atoms with Gasteiger partial charge in [-0.15, -0.1) is 0 Å². The molecule has 0 radical (unpaired) electrons. The summed E-state index contributed by atoms with van der Waals surface area (Å²) in [5.41, 5.74) is 0.727. The fourth-order valence-corrected chi connectivity index (χ4v) is 3.04. The van der Waals surface area contributed by atoms with E-state index in [-0.39, 0.29) is 11.9 Å². The van der Waals surface area contributed by atoms with Gasteiger partial charge in [0.2, 0.25) is 0 Å². The second kappa shape index (κ2) is 7.85. The van der Waals surface area contributed by atoms with Gasteiger partial charge in [-0.3, -0.25) is 4.79 Å². The van der Waals surface area contributed by atoms with E-state index < -0.39 is 0 Å². The van der Waals surface area contributed by atoms with E-state index in [1.807, 2.05) is 18.2 Å². The quantitative estimate of drug-likeness (QED) is 0.476. The first kappa shape index (κ1) is 16.4. The number of hydrogen-bond acceptors (Lipinski definition) is 1. The van der Waals surface area contributed by atoms with Crippen molar-refractivity contribution in [2.75, 3.05) is 5.33 Å². The highest BCUT2D eigenvalue weighted by Crippen LogP contribution is 2.19. The second-order valence-corrected chi connectivity index (χ2v) is 7.30. The van der Waals surface area contributed by atoms with Gasteiger partial charge in [-0.2, -0.15) is 0 Å². The lowest BCUT2D eigenvalue weighted by Gasteiger charge is -2.22. The van der Waals surface area contributed by atoms with Gasteiger partial charge < -0.3 is 5.32 Å². The lowest BCUT2D eigenvalue weighted by atomic mass is 10.0. The summed E-state index contributed by atoms with van der Waals surface area (Å²) in [5.74, 6) is 0.427. The maximum absolute atomic E-state index is 12.3. The molecular weight excluding hydrogens is 473 g/mol. The molecule has 0 aliphatic rings. The van der Waals surface area contributed by atoms with Crippen LogP contribution in [0.25, 0.3) is 0 Å². The smallest absolute Gasteiger partial charge is 0.252 e. The summed E-state index contributed by atoms with van der Waals surface area (Å²) >= 11 is 9.02. The van der Waals surface area contributed by atoms with Crippen LogP contribution in [0.1, 0.15) is 30.6 Å². The lowest BCUT2D eigenvalue weighted by Crippen LogP contribution is -2.39. The van der Waals surface area contributed by atoms with Crippen LogP contribution in [-0.2, 0) is 0 Å². The second-order valence-electron chi connectivity index (χ2n) is 4.43. The van der Waals surface area contributed by atoms with Crippen LogP contribution in [0.5, 0.6) is 0 Å². The topological polar surface area (TPSA) is 29.1 Å². The number of halogens is 3. The third kappa shape index (κ3) is 4.81. The molecule has 0 spiro atoms. The maximum atomic E-state index is 12.3. The number of benzene rings is 1. The fourth-order valence-electron chi connectivity index (χ4n) is 1.61. The Morgan fingerprint density at radius 1 is 1.44 bits per heavy atom. The van der Waals surface area contributed by atoms with Gasteiger partial charge in [-0.1, -0.05) is 45.7 Å². The molecule has 1 aromatic carbocycles. The molecule has 2 nitrogen and oxygen atoms in total. The van der Waals surface area contributed by atoms with E-state index in [2.05, 4.69) is 73.6 Å². The van der Waals surface area contributed by atoms with Crippen molar-refractivity contribution in [1.29, 1.82) is 0 Å². The molecule has 1 N–H and O–H groups in total. The molecule has 5 heteroatoms. The van der Waals surface area contributed by atoms with E-state index in [1.54, 1.807) is 0 Å². The van der Waals surface area contributed by atoms with E-state index in [0.717, 1.165) is 25.4 Å². The molecule has 1 amide bonds. The average molecular weight is 489 g/mol. The van der Waals surface area contributed by atoms with E-state index in [1.165, 1.54) is 0 Å². The molecule has 100 valence electrons. The van der Waals surface area contributed by atoms with E-state index >= 15 is 0 Å². The van der Waals surface area contributed by atoms with Crippen LogP contribution < -0.4 is 5.32 Å². The maximum Gasteiger partial charge on any atom is 0.252 e. The highest BCUT2D eigenvalue weighted by Gasteiger charge is 2.18. The largest absolute Gasteiger partial charge is 0.349 e. The summed E-state index contributed by atoms with van der Waals surface area (Å²) < 4.78 is 1.89. The van der Waals surface area contributed by atoms with Crippen molar-refractivity contribution >= 4 is 60.4 Å². The number of hydrogen-bond donors (Lipinski definition) is 1. The van der Waals surface area contributed by atoms with E-state index in [0.29, 0.717) is 5.92 Å². The first-order chi connectivity index (χ1) is 8.45. The Morgan fingerprint density at radius 2 is 2.11 bits per heavy atom. The highest BCUT2D eigenvalue weighted by atomic mass is 127. The Labute approximate surface area is 139 Å². The summed E-state index contributed by atoms with van der Waals surface area (Å²) in [5, 5.41) is 4.00. The van der Waals surface area contributed by atoms with Crippen LogP contribution in [0.3, 0.4) is 0 Å². The minimum Gasteiger partial charge on any atom is -0.349 e. The Kier molecular flexibility index (Phi) is 7.16. The molecule has 0 saturated carbocycles. The summed E-state index contributed by atoms with van der Waals surface area (Å²) in [6.45, 7) is 4.25. The number of rotatable bonds is 5. The van der Waals surface area contributed by atoms with Crippen LogP contribution >= 0.6 is 54.5 Å². The molecule has 0 aliphatic carbocycles. The van der Waals surface area contributed by atoms with Crippen molar-refractivity contribution < 1.29 is 4.79 Å². The molecule has 1 unspecified atom stereocenters. The Bertz CT molecular complexity index is 423. The minimum atomic E-state index is 0.000324. The lowest BCUT2D eigenvalue weighted by molar-refractivity contribution is 0.0924. The first-order valence-corrected chi connectivity index (χ1v) is 8.77. The zero-order valence-corrected chi connectivity index (χ0v) is 15.7. The summed E-state index contributed by atoms with van der Waals surface area (Å²) in [6.07, 6.45) is 0.938. The van der Waals surface area contributed by atoms with Gasteiger partial charge in [0.15, 0.2) is 0 Å². The monoisotopic (exact) mass is 487 g/mol. The van der Waals surface area contributed by atoms with Crippen LogP contribution in [0.2, 0.25) is 0 Å². The summed E-state index contributed by atoms with van der Waals surface area (Å²) in [4.78, 5) is 12.3. The van der Waals surface area contributed by atoms with Crippen molar-refractivity contribution in [2.24, 2.45) is 5.92 Å². The van der Waals surface area contributed by atoms with Crippen molar-refractivity contribution in [3.05, 3.63) is 31.8 Å². The Balaban J connectivity index is 2.83. The predicted octanol–water partition coefficient (Wildman–Crippen LogP) is 4.59. The standard InChI is InChI=1S/C13H16Br2INO/c1-8(2)12(5-6-14)17-13(18)10-7-9(15)3-4-11(10)16/h3-4,7-8,12H,5-6H2,1-2H3,(H,17,18). The van der Waals surface area contributed by atoms with Crippen LogP contribution in [0.4, 0.5) is 0 Å². The molecule has 0 aromatic heterocycles. The summed E-state index contributed by atoms with van der Waals surface area (Å²) in [6, 6.07) is 5.94. The zero-order chi connectivity index (χ0) is 13.7. The van der Waals surface area contributed by atoms with Crippen molar-refractivity contribution in [3.8, 4) is 0 Å². The van der Waals surface area contributed by atoms with Crippen LogP contribution in [0, 0.1) is 9.49 Å². The number of carbonyl (C=O) groups is 1. The molecule has 1 aromatic rings. The minimum absolute atomic E-state index is 0.000324. The number of amides is 1. The van der Waals surface area contributed by atoms with Crippen molar-refractivity contribution in [3.63, 3.8) is 0 Å².